The molecule has 126 valence electrons. The van der Waals surface area contributed by atoms with Crippen LogP contribution < -0.4 is 10.6 Å². The van der Waals surface area contributed by atoms with Gasteiger partial charge >= 0.3 is 0 Å². The quantitative estimate of drug-likeness (QED) is 0.527. The van der Waals surface area contributed by atoms with Crippen molar-refractivity contribution < 1.29 is 0 Å². The Labute approximate surface area is 149 Å². The van der Waals surface area contributed by atoms with E-state index >= 15 is 0 Å². The van der Waals surface area contributed by atoms with E-state index in [1.54, 1.807) is 21.7 Å². The van der Waals surface area contributed by atoms with Crippen LogP contribution in [0, 0.1) is 0 Å². The van der Waals surface area contributed by atoms with E-state index in [2.05, 4.69) is 90.1 Å². The lowest BCUT2D eigenvalue weighted by Gasteiger charge is -2.58. The summed E-state index contributed by atoms with van der Waals surface area (Å²) in [5, 5.41) is 4.10. The van der Waals surface area contributed by atoms with Crippen LogP contribution in [-0.4, -0.2) is 10.3 Å². The Hall–Kier alpha value is -0.700. The van der Waals surface area contributed by atoms with Crippen molar-refractivity contribution in [2.24, 2.45) is 0 Å². The average molecular weight is 354 g/mol. The topological polar surface area (TPSA) is 0 Å². The molecule has 0 fully saturated rings. The third-order valence-corrected chi connectivity index (χ3v) is 12.6. The maximum atomic E-state index is 2.45. The maximum absolute atomic E-state index is 2.45. The van der Waals surface area contributed by atoms with Gasteiger partial charge in [0, 0.05) is 11.3 Å². The van der Waals surface area contributed by atoms with E-state index in [4.69, 9.17) is 0 Å². The number of hydrogen-bond donors (Lipinski definition) is 0. The second kappa shape index (κ2) is 5.40. The summed E-state index contributed by atoms with van der Waals surface area (Å²) in [6.45, 7) is 14.7. The fourth-order valence-electron chi connectivity index (χ4n) is 4.54. The third-order valence-electron chi connectivity index (χ3n) is 5.33. The molecule has 0 aromatic heterocycles. The molecule has 2 aliphatic rings. The zero-order valence-corrected chi connectivity index (χ0v) is 17.5. The highest BCUT2D eigenvalue weighted by Gasteiger charge is 2.55. The van der Waals surface area contributed by atoms with Gasteiger partial charge in [-0.1, -0.05) is 106 Å². The summed E-state index contributed by atoms with van der Waals surface area (Å²) < 4.78 is 0. The lowest BCUT2D eigenvalue weighted by Crippen LogP contribution is -2.44. The van der Waals surface area contributed by atoms with Gasteiger partial charge in [0.1, 0.15) is 0 Å². The van der Waals surface area contributed by atoms with Crippen LogP contribution in [0.25, 0.3) is 0 Å². The van der Waals surface area contributed by atoms with Crippen LogP contribution in [0.4, 0.5) is 0 Å². The highest BCUT2D eigenvalue weighted by molar-refractivity contribution is 7.74. The van der Waals surface area contributed by atoms with Gasteiger partial charge in [0.2, 0.25) is 0 Å². The Morgan fingerprint density at radius 1 is 0.583 bits per heavy atom. The van der Waals surface area contributed by atoms with E-state index in [0.29, 0.717) is 10.3 Å². The van der Waals surface area contributed by atoms with Crippen molar-refractivity contribution >= 4 is 26.5 Å². The Balaban J connectivity index is 1.83. The molecule has 4 rings (SSSR count). The normalized spacial score (nSPS) is 28.4. The first kappa shape index (κ1) is 16.8. The summed E-state index contributed by atoms with van der Waals surface area (Å²) in [5.41, 5.74) is 4.82. The van der Waals surface area contributed by atoms with Crippen LogP contribution in [0.1, 0.15) is 64.0 Å². The van der Waals surface area contributed by atoms with Crippen LogP contribution in [0.2, 0.25) is 0 Å². The van der Waals surface area contributed by atoms with E-state index < -0.39 is 0 Å². The van der Waals surface area contributed by atoms with E-state index in [9.17, 15) is 0 Å². The first-order valence-electron chi connectivity index (χ1n) is 8.98. The number of hydrogen-bond acceptors (Lipinski definition) is 0. The third kappa shape index (κ3) is 2.34. The number of fused-ring (bicyclic) bond motifs is 2. The molecule has 2 aliphatic heterocycles. The molecule has 0 aliphatic carbocycles. The Kier molecular flexibility index (Phi) is 3.77. The van der Waals surface area contributed by atoms with Gasteiger partial charge in [0.25, 0.3) is 0 Å². The largest absolute Gasteiger partial charge is 0.0619 e. The molecule has 0 saturated carbocycles. The smallest absolute Gasteiger partial charge is 0.0205 e. The van der Waals surface area contributed by atoms with E-state index in [0.717, 1.165) is 11.3 Å². The first-order chi connectivity index (χ1) is 11.2. The SMILES string of the molecule is CC(C)(C)P1c2ccccc2[C@@H]1[C@H]1c2ccccc2P1C(C)(C)C. The van der Waals surface area contributed by atoms with Crippen molar-refractivity contribution in [1.29, 1.82) is 0 Å². The zero-order valence-electron chi connectivity index (χ0n) is 15.7. The second-order valence-electron chi connectivity index (χ2n) is 9.09. The zero-order chi connectivity index (χ0) is 17.3. The van der Waals surface area contributed by atoms with Gasteiger partial charge in [0.05, 0.1) is 0 Å². The Morgan fingerprint density at radius 2 is 0.917 bits per heavy atom. The van der Waals surface area contributed by atoms with Gasteiger partial charge < -0.3 is 0 Å². The fourth-order valence-corrected chi connectivity index (χ4v) is 12.0. The molecule has 0 amide bonds. The molecule has 0 saturated heterocycles. The van der Waals surface area contributed by atoms with Crippen molar-refractivity contribution in [3.05, 3.63) is 59.7 Å². The fraction of sp³-hybridized carbons (Fsp3) is 0.455. The van der Waals surface area contributed by atoms with Crippen LogP contribution in [0.15, 0.2) is 48.5 Å². The Morgan fingerprint density at radius 3 is 1.25 bits per heavy atom. The van der Waals surface area contributed by atoms with Crippen LogP contribution in [0.3, 0.4) is 0 Å². The summed E-state index contributed by atoms with van der Waals surface area (Å²) in [4.78, 5) is 0. The minimum Gasteiger partial charge on any atom is -0.0619 e. The van der Waals surface area contributed by atoms with E-state index in [1.807, 2.05) is 0 Å². The van der Waals surface area contributed by atoms with E-state index in [1.165, 1.54) is 0 Å². The molecular weight excluding hydrogens is 326 g/mol. The van der Waals surface area contributed by atoms with Gasteiger partial charge in [-0.25, -0.2) is 0 Å². The molecule has 0 spiro atoms. The highest BCUT2D eigenvalue weighted by Crippen LogP contribution is 2.81. The van der Waals surface area contributed by atoms with Crippen LogP contribution in [-0.2, 0) is 0 Å². The van der Waals surface area contributed by atoms with Gasteiger partial charge in [0.15, 0.2) is 0 Å². The van der Waals surface area contributed by atoms with Crippen molar-refractivity contribution in [2.45, 2.75) is 63.2 Å². The Bertz CT molecular complexity index is 712. The lowest BCUT2D eigenvalue weighted by molar-refractivity contribution is 0.715. The summed E-state index contributed by atoms with van der Waals surface area (Å²) in [7, 11) is -0.188. The summed E-state index contributed by atoms with van der Waals surface area (Å²) in [5.74, 6) is 0. The van der Waals surface area contributed by atoms with Crippen molar-refractivity contribution in [1.82, 2.24) is 0 Å². The molecular formula is C22H28P2. The molecule has 4 atom stereocenters. The minimum atomic E-state index is -0.0941. The predicted octanol–water partition coefficient (Wildman–Crippen LogP) is 6.31. The summed E-state index contributed by atoms with van der Waals surface area (Å²) in [6.07, 6.45) is 0. The second-order valence-corrected chi connectivity index (χ2v) is 15.3. The molecule has 0 radical (unpaired) electrons. The average Bonchev–Trinajstić information content (AvgIpc) is 2.42. The van der Waals surface area contributed by atoms with Crippen LogP contribution >= 0.6 is 15.8 Å². The number of benzene rings is 2. The standard InChI is InChI=1S/C22H28P2/c1-21(2,3)23-17-13-9-7-11-15(17)19(23)20-16-12-8-10-14-18(16)24(20)22(4,5)6/h7-14,19-20H,1-6H3/t19-,20-,23?,24?/m1/s1. The van der Waals surface area contributed by atoms with Crippen molar-refractivity contribution in [2.75, 3.05) is 0 Å². The van der Waals surface area contributed by atoms with Crippen LogP contribution in [0.5, 0.6) is 0 Å². The van der Waals surface area contributed by atoms with Crippen molar-refractivity contribution in [3.8, 4) is 0 Å². The van der Waals surface area contributed by atoms with Gasteiger partial charge in [-0.15, -0.1) is 0 Å². The molecule has 2 unspecified atom stereocenters. The van der Waals surface area contributed by atoms with Gasteiger partial charge in [-0.05, 0) is 32.0 Å². The molecule has 0 N–H and O–H groups in total. The molecule has 0 nitrogen and oxygen atoms in total. The first-order valence-corrected chi connectivity index (χ1v) is 11.8. The minimum absolute atomic E-state index is 0.0941. The monoisotopic (exact) mass is 354 g/mol. The molecule has 24 heavy (non-hydrogen) atoms. The summed E-state index contributed by atoms with van der Waals surface area (Å²) in [6, 6.07) is 18.5. The molecule has 2 heteroatoms. The highest BCUT2D eigenvalue weighted by atomic mass is 31.1. The molecule has 2 aromatic carbocycles. The molecule has 2 heterocycles. The lowest BCUT2D eigenvalue weighted by atomic mass is 10.0. The van der Waals surface area contributed by atoms with Gasteiger partial charge in [-0.3, -0.25) is 0 Å². The summed E-state index contributed by atoms with van der Waals surface area (Å²) >= 11 is 0. The molecule has 2 aromatic rings. The van der Waals surface area contributed by atoms with Gasteiger partial charge in [-0.2, -0.15) is 0 Å². The van der Waals surface area contributed by atoms with E-state index in [-0.39, 0.29) is 15.8 Å². The number of rotatable bonds is 1. The predicted molar refractivity (Wildman–Crippen MR) is 111 cm³/mol. The van der Waals surface area contributed by atoms with Crippen molar-refractivity contribution in [3.63, 3.8) is 0 Å². The maximum Gasteiger partial charge on any atom is 0.0205 e. The molecule has 0 bridgehead atoms.